The molecule has 0 fully saturated rings. The average Bonchev–Trinajstić information content (AvgIpc) is 3.15. The highest BCUT2D eigenvalue weighted by Gasteiger charge is 2.17. The molecule has 2 rings (SSSR count). The number of nitrogens with one attached hydrogen (secondary N) is 3. The lowest BCUT2D eigenvalue weighted by Crippen LogP contribution is -2.44. The number of benzene rings is 1. The Kier molecular flexibility index (Phi) is 6.71. The van der Waals surface area contributed by atoms with Gasteiger partial charge in [-0.05, 0) is 43.0 Å². The number of carbonyl (C=O) groups is 3. The van der Waals surface area contributed by atoms with Crippen molar-refractivity contribution >= 4 is 29.1 Å². The normalized spacial score (nSPS) is 11.4. The second-order valence-electron chi connectivity index (χ2n) is 5.45. The van der Waals surface area contributed by atoms with Gasteiger partial charge in [0.15, 0.2) is 0 Å². The van der Waals surface area contributed by atoms with Gasteiger partial charge in [-0.3, -0.25) is 14.4 Å². The van der Waals surface area contributed by atoms with Gasteiger partial charge in [-0.15, -0.1) is 11.3 Å². The summed E-state index contributed by atoms with van der Waals surface area (Å²) in [5.41, 5.74) is 1.36. The van der Waals surface area contributed by atoms with Crippen LogP contribution in [0.4, 0.5) is 0 Å². The van der Waals surface area contributed by atoms with Crippen LogP contribution in [-0.2, 0) is 11.3 Å². The van der Waals surface area contributed by atoms with E-state index in [4.69, 9.17) is 0 Å². The van der Waals surface area contributed by atoms with Crippen molar-refractivity contribution in [1.29, 1.82) is 0 Å². The summed E-state index contributed by atoms with van der Waals surface area (Å²) in [6.07, 6.45) is 0. The maximum atomic E-state index is 12.1. The van der Waals surface area contributed by atoms with Crippen molar-refractivity contribution in [2.45, 2.75) is 26.4 Å². The van der Waals surface area contributed by atoms with Crippen LogP contribution in [0.15, 0.2) is 41.8 Å². The molecule has 0 saturated heterocycles. The Morgan fingerprint density at radius 2 is 1.88 bits per heavy atom. The van der Waals surface area contributed by atoms with Crippen LogP contribution in [0.3, 0.4) is 0 Å². The largest absolute Gasteiger partial charge is 0.352 e. The summed E-state index contributed by atoms with van der Waals surface area (Å²) in [6, 6.07) is 9.90. The molecule has 1 unspecified atom stereocenters. The summed E-state index contributed by atoms with van der Waals surface area (Å²) >= 11 is 1.32. The van der Waals surface area contributed by atoms with Gasteiger partial charge >= 0.3 is 0 Å². The van der Waals surface area contributed by atoms with Gasteiger partial charge in [-0.2, -0.15) is 0 Å². The molecule has 2 aromatic rings. The first kappa shape index (κ1) is 18.7. The lowest BCUT2D eigenvalue weighted by Gasteiger charge is -2.14. The second kappa shape index (κ2) is 8.98. The fourth-order valence-electron chi connectivity index (χ4n) is 2.17. The molecule has 1 heterocycles. The predicted molar refractivity (Wildman–Crippen MR) is 97.5 cm³/mol. The molecule has 0 radical (unpaired) electrons. The number of carbonyl (C=O) groups excluding carboxylic acids is 3. The van der Waals surface area contributed by atoms with Crippen LogP contribution < -0.4 is 16.0 Å². The molecule has 0 spiro atoms. The molecule has 1 aromatic heterocycles. The van der Waals surface area contributed by atoms with Crippen LogP contribution in [0.25, 0.3) is 0 Å². The van der Waals surface area contributed by atoms with Crippen LogP contribution in [0.1, 0.15) is 39.4 Å². The third kappa shape index (κ3) is 5.42. The van der Waals surface area contributed by atoms with Gasteiger partial charge in [0, 0.05) is 18.7 Å². The standard InChI is InChI=1S/C18H21N3O3S/c1-3-19-17(23)14-7-4-6-13(10-14)11-20-16(22)12(2)21-18(24)15-8-5-9-25-15/h4-10,12H,3,11H2,1-2H3,(H,19,23)(H,20,22)(H,21,24). The Morgan fingerprint density at radius 1 is 1.08 bits per heavy atom. The van der Waals surface area contributed by atoms with Crippen molar-refractivity contribution < 1.29 is 14.4 Å². The zero-order valence-corrected chi connectivity index (χ0v) is 15.0. The highest BCUT2D eigenvalue weighted by molar-refractivity contribution is 7.12. The molecule has 7 heteroatoms. The number of hydrogen-bond acceptors (Lipinski definition) is 4. The van der Waals surface area contributed by atoms with E-state index in [1.807, 2.05) is 13.0 Å². The summed E-state index contributed by atoms with van der Waals surface area (Å²) in [5.74, 6) is -0.698. The van der Waals surface area contributed by atoms with E-state index in [0.29, 0.717) is 17.0 Å². The Balaban J connectivity index is 1.88. The van der Waals surface area contributed by atoms with Crippen molar-refractivity contribution in [1.82, 2.24) is 16.0 Å². The molecule has 0 aliphatic rings. The minimum atomic E-state index is -0.652. The minimum absolute atomic E-state index is 0.146. The highest BCUT2D eigenvalue weighted by atomic mass is 32.1. The van der Waals surface area contributed by atoms with Gasteiger partial charge in [0.1, 0.15) is 6.04 Å². The first-order valence-electron chi connectivity index (χ1n) is 8.00. The van der Waals surface area contributed by atoms with Crippen LogP contribution >= 0.6 is 11.3 Å². The molecule has 132 valence electrons. The summed E-state index contributed by atoms with van der Waals surface area (Å²) in [7, 11) is 0. The fraction of sp³-hybridized carbons (Fsp3) is 0.278. The molecule has 0 aliphatic heterocycles. The summed E-state index contributed by atoms with van der Waals surface area (Å²) in [4.78, 5) is 36.5. The summed E-state index contributed by atoms with van der Waals surface area (Å²) in [6.45, 7) is 4.33. The van der Waals surface area contributed by atoms with E-state index < -0.39 is 6.04 Å². The quantitative estimate of drug-likeness (QED) is 0.706. The number of thiophene rings is 1. The lowest BCUT2D eigenvalue weighted by atomic mass is 10.1. The van der Waals surface area contributed by atoms with Gasteiger partial charge < -0.3 is 16.0 Å². The Morgan fingerprint density at radius 3 is 2.56 bits per heavy atom. The van der Waals surface area contributed by atoms with E-state index in [9.17, 15) is 14.4 Å². The van der Waals surface area contributed by atoms with Crippen LogP contribution in [0.2, 0.25) is 0 Å². The molecule has 0 bridgehead atoms. The highest BCUT2D eigenvalue weighted by Crippen LogP contribution is 2.08. The SMILES string of the molecule is CCNC(=O)c1cccc(CNC(=O)C(C)NC(=O)c2cccs2)c1. The molecule has 3 N–H and O–H groups in total. The molecule has 3 amide bonds. The van der Waals surface area contributed by atoms with Gasteiger partial charge in [-0.1, -0.05) is 18.2 Å². The zero-order valence-electron chi connectivity index (χ0n) is 14.2. The topological polar surface area (TPSA) is 87.3 Å². The third-order valence-electron chi connectivity index (χ3n) is 3.48. The Labute approximate surface area is 150 Å². The Bertz CT molecular complexity index is 744. The predicted octanol–water partition coefficient (Wildman–Crippen LogP) is 1.93. The molecule has 6 nitrogen and oxygen atoms in total. The molecular weight excluding hydrogens is 338 g/mol. The minimum Gasteiger partial charge on any atom is -0.352 e. The summed E-state index contributed by atoms with van der Waals surface area (Å²) < 4.78 is 0. The molecular formula is C18H21N3O3S. The molecule has 1 atom stereocenters. The summed E-state index contributed by atoms with van der Waals surface area (Å²) in [5, 5.41) is 9.97. The number of hydrogen-bond donors (Lipinski definition) is 3. The van der Waals surface area contributed by atoms with Crippen molar-refractivity contribution in [3.8, 4) is 0 Å². The molecule has 0 saturated carbocycles. The van der Waals surface area contributed by atoms with Crippen molar-refractivity contribution in [3.63, 3.8) is 0 Å². The maximum Gasteiger partial charge on any atom is 0.261 e. The monoisotopic (exact) mass is 359 g/mol. The number of rotatable bonds is 7. The third-order valence-corrected chi connectivity index (χ3v) is 4.35. The maximum absolute atomic E-state index is 12.1. The van der Waals surface area contributed by atoms with Gasteiger partial charge in [0.05, 0.1) is 4.88 Å². The van der Waals surface area contributed by atoms with Crippen LogP contribution in [0.5, 0.6) is 0 Å². The smallest absolute Gasteiger partial charge is 0.261 e. The van der Waals surface area contributed by atoms with Crippen molar-refractivity contribution in [3.05, 3.63) is 57.8 Å². The fourth-order valence-corrected chi connectivity index (χ4v) is 2.80. The van der Waals surface area contributed by atoms with E-state index in [1.165, 1.54) is 11.3 Å². The number of amides is 3. The van der Waals surface area contributed by atoms with E-state index in [1.54, 1.807) is 42.6 Å². The van der Waals surface area contributed by atoms with Crippen LogP contribution in [0, 0.1) is 0 Å². The zero-order chi connectivity index (χ0) is 18.2. The lowest BCUT2D eigenvalue weighted by molar-refractivity contribution is -0.122. The van der Waals surface area contributed by atoms with E-state index in [-0.39, 0.29) is 24.3 Å². The van der Waals surface area contributed by atoms with E-state index in [2.05, 4.69) is 16.0 Å². The first-order valence-corrected chi connectivity index (χ1v) is 8.88. The van der Waals surface area contributed by atoms with Crippen molar-refractivity contribution in [2.75, 3.05) is 6.54 Å². The van der Waals surface area contributed by atoms with Gasteiger partial charge in [0.2, 0.25) is 5.91 Å². The van der Waals surface area contributed by atoms with E-state index in [0.717, 1.165) is 5.56 Å². The van der Waals surface area contributed by atoms with Gasteiger partial charge in [0.25, 0.3) is 11.8 Å². The molecule has 0 aliphatic carbocycles. The average molecular weight is 359 g/mol. The van der Waals surface area contributed by atoms with Crippen LogP contribution in [-0.4, -0.2) is 30.3 Å². The van der Waals surface area contributed by atoms with Crippen molar-refractivity contribution in [2.24, 2.45) is 0 Å². The molecule has 1 aromatic carbocycles. The Hall–Kier alpha value is -2.67. The first-order chi connectivity index (χ1) is 12.0. The van der Waals surface area contributed by atoms with E-state index >= 15 is 0 Å². The second-order valence-corrected chi connectivity index (χ2v) is 6.40. The molecule has 25 heavy (non-hydrogen) atoms. The van der Waals surface area contributed by atoms with Gasteiger partial charge in [-0.25, -0.2) is 0 Å².